The zero-order valence-electron chi connectivity index (χ0n) is 16.2. The average molecular weight is 382 g/mol. The molecule has 4 rings (SSSR count). The van der Waals surface area contributed by atoms with Crippen LogP contribution in [0.15, 0.2) is 34.7 Å². The van der Waals surface area contributed by atoms with Crippen molar-refractivity contribution < 1.29 is 18.7 Å². The van der Waals surface area contributed by atoms with Crippen molar-refractivity contribution in [1.29, 1.82) is 0 Å². The van der Waals surface area contributed by atoms with Crippen molar-refractivity contribution in [1.82, 2.24) is 4.90 Å². The van der Waals surface area contributed by atoms with Crippen molar-refractivity contribution in [3.63, 3.8) is 0 Å². The van der Waals surface area contributed by atoms with Crippen LogP contribution in [0.5, 0.6) is 0 Å². The fourth-order valence-corrected chi connectivity index (χ4v) is 4.05. The number of methoxy groups -OCH3 is 1. The van der Waals surface area contributed by atoms with E-state index in [1.165, 1.54) is 7.11 Å². The fraction of sp³-hybridized carbons (Fsp3) is 0.455. The third-order valence-electron chi connectivity index (χ3n) is 5.65. The minimum absolute atomic E-state index is 0.00161. The molecule has 1 N–H and O–H groups in total. The van der Waals surface area contributed by atoms with Gasteiger partial charge in [-0.25, -0.2) is 0 Å². The highest BCUT2D eigenvalue weighted by molar-refractivity contribution is 5.92. The minimum atomic E-state index is -0.00161. The van der Waals surface area contributed by atoms with Gasteiger partial charge in [0.2, 0.25) is 11.8 Å². The predicted molar refractivity (Wildman–Crippen MR) is 106 cm³/mol. The van der Waals surface area contributed by atoms with Gasteiger partial charge >= 0.3 is 0 Å². The predicted octanol–water partition coefficient (Wildman–Crippen LogP) is 3.61. The Morgan fingerprint density at radius 2 is 1.96 bits per heavy atom. The Labute approximate surface area is 164 Å². The SMILES string of the molecule is COCC(=O)N1CCc2oc(-c3ccc(NC(=O)C4CCCC4)cc3)cc2C1. The second kappa shape index (κ2) is 8.19. The summed E-state index contributed by atoms with van der Waals surface area (Å²) in [7, 11) is 1.53. The van der Waals surface area contributed by atoms with Crippen molar-refractivity contribution in [2.75, 3.05) is 25.6 Å². The summed E-state index contributed by atoms with van der Waals surface area (Å²) in [6, 6.07) is 9.76. The molecule has 0 bridgehead atoms. The van der Waals surface area contributed by atoms with Gasteiger partial charge in [-0.2, -0.15) is 0 Å². The first-order chi connectivity index (χ1) is 13.6. The number of furan rings is 1. The van der Waals surface area contributed by atoms with E-state index in [0.717, 1.165) is 54.0 Å². The Morgan fingerprint density at radius 1 is 1.21 bits per heavy atom. The lowest BCUT2D eigenvalue weighted by molar-refractivity contribution is -0.136. The molecule has 2 aromatic rings. The maximum absolute atomic E-state index is 12.3. The summed E-state index contributed by atoms with van der Waals surface area (Å²) in [5.41, 5.74) is 2.82. The normalized spacial score (nSPS) is 16.8. The quantitative estimate of drug-likeness (QED) is 0.858. The van der Waals surface area contributed by atoms with Crippen LogP contribution in [0.3, 0.4) is 0 Å². The largest absolute Gasteiger partial charge is 0.461 e. The highest BCUT2D eigenvalue weighted by Gasteiger charge is 2.25. The third-order valence-corrected chi connectivity index (χ3v) is 5.65. The second-order valence-electron chi connectivity index (χ2n) is 7.61. The maximum atomic E-state index is 12.3. The number of fused-ring (bicyclic) bond motifs is 1. The summed E-state index contributed by atoms with van der Waals surface area (Å²) in [4.78, 5) is 26.1. The Kier molecular flexibility index (Phi) is 5.48. The van der Waals surface area contributed by atoms with Crippen LogP contribution in [0.25, 0.3) is 11.3 Å². The number of carbonyl (C=O) groups excluding carboxylic acids is 2. The second-order valence-corrected chi connectivity index (χ2v) is 7.61. The molecule has 2 amide bonds. The number of carbonyl (C=O) groups is 2. The Balaban J connectivity index is 1.42. The van der Waals surface area contributed by atoms with E-state index in [-0.39, 0.29) is 24.3 Å². The van der Waals surface area contributed by atoms with E-state index in [1.54, 1.807) is 4.90 Å². The van der Waals surface area contributed by atoms with Crippen molar-refractivity contribution in [3.8, 4) is 11.3 Å². The summed E-state index contributed by atoms with van der Waals surface area (Å²) in [5, 5.41) is 3.02. The number of benzene rings is 1. The molecule has 28 heavy (non-hydrogen) atoms. The molecule has 1 fully saturated rings. The molecule has 1 aliphatic carbocycles. The molecule has 6 heteroatoms. The van der Waals surface area contributed by atoms with E-state index in [0.29, 0.717) is 19.5 Å². The van der Waals surface area contributed by atoms with E-state index < -0.39 is 0 Å². The van der Waals surface area contributed by atoms with Crippen LogP contribution < -0.4 is 5.32 Å². The number of ether oxygens (including phenoxy) is 1. The van der Waals surface area contributed by atoms with Gasteiger partial charge in [0.15, 0.2) is 0 Å². The molecule has 1 aromatic carbocycles. The van der Waals surface area contributed by atoms with Crippen molar-refractivity contribution in [3.05, 3.63) is 41.7 Å². The molecule has 1 aromatic heterocycles. The van der Waals surface area contributed by atoms with Crippen LogP contribution in [0.1, 0.15) is 37.0 Å². The third kappa shape index (κ3) is 3.97. The fourth-order valence-electron chi connectivity index (χ4n) is 4.05. The van der Waals surface area contributed by atoms with E-state index in [1.807, 2.05) is 30.3 Å². The van der Waals surface area contributed by atoms with Crippen LogP contribution >= 0.6 is 0 Å². The molecule has 0 saturated heterocycles. The van der Waals surface area contributed by atoms with Crippen LogP contribution in [0.4, 0.5) is 5.69 Å². The first kappa shape index (κ1) is 18.7. The summed E-state index contributed by atoms with van der Waals surface area (Å²) >= 11 is 0. The van der Waals surface area contributed by atoms with Gasteiger partial charge in [0.1, 0.15) is 18.1 Å². The number of nitrogens with one attached hydrogen (secondary N) is 1. The van der Waals surface area contributed by atoms with E-state index in [2.05, 4.69) is 5.32 Å². The van der Waals surface area contributed by atoms with Crippen LogP contribution in [0, 0.1) is 5.92 Å². The van der Waals surface area contributed by atoms with Crippen LogP contribution in [0.2, 0.25) is 0 Å². The summed E-state index contributed by atoms with van der Waals surface area (Å²) in [6.07, 6.45) is 4.99. The lowest BCUT2D eigenvalue weighted by Crippen LogP contribution is -2.37. The number of hydrogen-bond donors (Lipinski definition) is 1. The average Bonchev–Trinajstić information content (AvgIpc) is 3.38. The van der Waals surface area contributed by atoms with Gasteiger partial charge in [-0.3, -0.25) is 9.59 Å². The first-order valence-corrected chi connectivity index (χ1v) is 9.93. The van der Waals surface area contributed by atoms with Gasteiger partial charge in [0.05, 0.1) is 0 Å². The van der Waals surface area contributed by atoms with Gasteiger partial charge < -0.3 is 19.4 Å². The van der Waals surface area contributed by atoms with Crippen molar-refractivity contribution in [2.24, 2.45) is 5.92 Å². The molecule has 0 spiro atoms. The molecule has 2 heterocycles. The Morgan fingerprint density at radius 3 is 2.68 bits per heavy atom. The molecule has 0 unspecified atom stereocenters. The number of amides is 2. The molecular weight excluding hydrogens is 356 g/mol. The van der Waals surface area contributed by atoms with Crippen LogP contribution in [-0.4, -0.2) is 37.0 Å². The number of rotatable bonds is 5. The monoisotopic (exact) mass is 382 g/mol. The first-order valence-electron chi connectivity index (χ1n) is 9.93. The molecule has 0 atom stereocenters. The van der Waals surface area contributed by atoms with E-state index in [4.69, 9.17) is 9.15 Å². The lowest BCUT2D eigenvalue weighted by atomic mass is 10.1. The smallest absolute Gasteiger partial charge is 0.248 e. The summed E-state index contributed by atoms with van der Waals surface area (Å²) < 4.78 is 11.0. The zero-order chi connectivity index (χ0) is 19.5. The molecule has 1 saturated carbocycles. The topological polar surface area (TPSA) is 71.8 Å². The standard InChI is InChI=1S/C22H26N2O4/c1-27-14-21(25)24-11-10-19-17(13-24)12-20(28-19)15-6-8-18(9-7-15)23-22(26)16-4-2-3-5-16/h6-9,12,16H,2-5,10-11,13-14H2,1H3,(H,23,26). The van der Waals surface area contributed by atoms with E-state index in [9.17, 15) is 9.59 Å². The van der Waals surface area contributed by atoms with Gasteiger partial charge in [-0.05, 0) is 43.2 Å². The summed E-state index contributed by atoms with van der Waals surface area (Å²) in [6.45, 7) is 1.30. The highest BCUT2D eigenvalue weighted by Crippen LogP contribution is 2.31. The number of nitrogens with zero attached hydrogens (tertiary/aromatic N) is 1. The minimum Gasteiger partial charge on any atom is -0.461 e. The molecule has 2 aliphatic rings. The zero-order valence-corrected chi connectivity index (χ0v) is 16.2. The highest BCUT2D eigenvalue weighted by atomic mass is 16.5. The Bertz CT molecular complexity index is 850. The number of hydrogen-bond acceptors (Lipinski definition) is 4. The van der Waals surface area contributed by atoms with Crippen molar-refractivity contribution in [2.45, 2.75) is 38.6 Å². The lowest BCUT2D eigenvalue weighted by Gasteiger charge is -2.25. The summed E-state index contributed by atoms with van der Waals surface area (Å²) in [5.74, 6) is 2.01. The maximum Gasteiger partial charge on any atom is 0.248 e. The van der Waals surface area contributed by atoms with Gasteiger partial charge in [0.25, 0.3) is 0 Å². The molecule has 1 aliphatic heterocycles. The molecule has 0 radical (unpaired) electrons. The Hall–Kier alpha value is -2.60. The van der Waals surface area contributed by atoms with Crippen molar-refractivity contribution >= 4 is 17.5 Å². The van der Waals surface area contributed by atoms with Gasteiger partial charge in [-0.1, -0.05) is 12.8 Å². The van der Waals surface area contributed by atoms with Gasteiger partial charge in [0, 0.05) is 49.4 Å². The van der Waals surface area contributed by atoms with Crippen LogP contribution in [-0.2, 0) is 27.3 Å². The van der Waals surface area contributed by atoms with E-state index >= 15 is 0 Å². The molecule has 6 nitrogen and oxygen atoms in total. The number of anilines is 1. The van der Waals surface area contributed by atoms with Gasteiger partial charge in [-0.15, -0.1) is 0 Å². The molecule has 148 valence electrons. The molecular formula is C22H26N2O4.